The fourth-order valence-corrected chi connectivity index (χ4v) is 3.31. The molecule has 128 valence electrons. The van der Waals surface area contributed by atoms with Crippen molar-refractivity contribution >= 4 is 43.6 Å². The number of benzene rings is 2. The molecule has 0 aliphatic carbocycles. The van der Waals surface area contributed by atoms with Crippen molar-refractivity contribution in [1.82, 2.24) is 0 Å². The number of anilines is 1. The van der Waals surface area contributed by atoms with Crippen molar-refractivity contribution in [3.63, 3.8) is 0 Å². The molecule has 1 N–H and O–H groups in total. The zero-order valence-corrected chi connectivity index (χ0v) is 17.0. The minimum atomic E-state index is -0.515. The molecule has 0 aromatic heterocycles. The normalized spacial score (nSPS) is 10.4. The van der Waals surface area contributed by atoms with E-state index >= 15 is 0 Å². The first-order valence-corrected chi connectivity index (χ1v) is 9.09. The zero-order valence-electron chi connectivity index (χ0n) is 13.8. The zero-order chi connectivity index (χ0) is 17.7. The van der Waals surface area contributed by atoms with E-state index in [9.17, 15) is 4.79 Å². The highest BCUT2D eigenvalue weighted by Crippen LogP contribution is 2.32. The van der Waals surface area contributed by atoms with E-state index in [0.717, 1.165) is 26.7 Å². The molecule has 1 amide bonds. The second-order valence-electron chi connectivity index (χ2n) is 5.23. The van der Waals surface area contributed by atoms with Crippen molar-refractivity contribution in [3.8, 4) is 5.75 Å². The molecule has 0 saturated heterocycles. The number of rotatable bonds is 5. The molecule has 6 heteroatoms. The first-order chi connectivity index (χ1) is 11.5. The van der Waals surface area contributed by atoms with E-state index in [1.165, 1.54) is 18.2 Å². The molecule has 2 rings (SSSR count). The summed E-state index contributed by atoms with van der Waals surface area (Å²) < 4.78 is 12.4. The Balaban J connectivity index is 2.23. The number of hydrogen-bond donors (Lipinski definition) is 1. The third-order valence-corrected chi connectivity index (χ3v) is 5.05. The van der Waals surface area contributed by atoms with Crippen molar-refractivity contribution in [2.45, 2.75) is 26.9 Å². The summed E-state index contributed by atoms with van der Waals surface area (Å²) in [6, 6.07) is 9.66. The van der Waals surface area contributed by atoms with Crippen LogP contribution in [0.5, 0.6) is 5.75 Å². The van der Waals surface area contributed by atoms with Crippen LogP contribution in [0.4, 0.5) is 10.5 Å². The summed E-state index contributed by atoms with van der Waals surface area (Å²) in [5.74, 6) is 0.768. The third kappa shape index (κ3) is 4.51. The predicted octanol–water partition coefficient (Wildman–Crippen LogP) is 5.84. The van der Waals surface area contributed by atoms with Gasteiger partial charge in [0.15, 0.2) is 0 Å². The van der Waals surface area contributed by atoms with Crippen molar-refractivity contribution in [2.24, 2.45) is 0 Å². The van der Waals surface area contributed by atoms with Crippen LogP contribution in [0, 0.1) is 6.92 Å². The third-order valence-electron chi connectivity index (χ3n) is 3.68. The first-order valence-electron chi connectivity index (χ1n) is 7.50. The summed E-state index contributed by atoms with van der Waals surface area (Å²) >= 11 is 7.06. The Morgan fingerprint density at radius 3 is 2.62 bits per heavy atom. The lowest BCUT2D eigenvalue weighted by Gasteiger charge is -2.15. The molecule has 24 heavy (non-hydrogen) atoms. The fraction of sp³-hybridized carbons (Fsp3) is 0.278. The lowest BCUT2D eigenvalue weighted by atomic mass is 10.1. The highest BCUT2D eigenvalue weighted by Gasteiger charge is 2.12. The smallest absolute Gasteiger partial charge is 0.411 e. The monoisotopic (exact) mass is 455 g/mol. The SMILES string of the molecule is CCc1cc(Br)c(OCc2c(Br)cccc2NC(=O)OC)cc1C. The van der Waals surface area contributed by atoms with Gasteiger partial charge >= 0.3 is 6.09 Å². The summed E-state index contributed by atoms with van der Waals surface area (Å²) in [5, 5.41) is 2.70. The van der Waals surface area contributed by atoms with Gasteiger partial charge in [-0.1, -0.05) is 28.9 Å². The van der Waals surface area contributed by atoms with Crippen molar-refractivity contribution in [1.29, 1.82) is 0 Å². The van der Waals surface area contributed by atoms with E-state index in [1.807, 2.05) is 18.2 Å². The van der Waals surface area contributed by atoms with Gasteiger partial charge < -0.3 is 9.47 Å². The minimum absolute atomic E-state index is 0.310. The topological polar surface area (TPSA) is 47.6 Å². The van der Waals surface area contributed by atoms with Gasteiger partial charge in [0.1, 0.15) is 12.4 Å². The maximum atomic E-state index is 11.5. The molecule has 0 bridgehead atoms. The number of methoxy groups -OCH3 is 1. The number of hydrogen-bond acceptors (Lipinski definition) is 3. The Hall–Kier alpha value is -1.53. The maximum absolute atomic E-state index is 11.5. The van der Waals surface area contributed by atoms with Crippen LogP contribution in [-0.4, -0.2) is 13.2 Å². The summed E-state index contributed by atoms with van der Waals surface area (Å²) in [6.07, 6.45) is 0.459. The Kier molecular flexibility index (Phi) is 6.69. The Morgan fingerprint density at radius 1 is 1.21 bits per heavy atom. The summed E-state index contributed by atoms with van der Waals surface area (Å²) in [7, 11) is 1.33. The molecule has 0 fully saturated rings. The van der Waals surface area contributed by atoms with Crippen LogP contribution >= 0.6 is 31.9 Å². The quantitative estimate of drug-likeness (QED) is 0.614. The lowest BCUT2D eigenvalue weighted by Crippen LogP contribution is -2.13. The summed E-state index contributed by atoms with van der Waals surface area (Å²) in [6.45, 7) is 4.51. The van der Waals surface area contributed by atoms with E-state index in [1.54, 1.807) is 6.07 Å². The van der Waals surface area contributed by atoms with Crippen LogP contribution in [0.15, 0.2) is 39.3 Å². The molecule has 2 aromatic rings. The molecule has 0 radical (unpaired) electrons. The van der Waals surface area contributed by atoms with E-state index in [0.29, 0.717) is 12.3 Å². The highest BCUT2D eigenvalue weighted by atomic mass is 79.9. The van der Waals surface area contributed by atoms with Crippen LogP contribution in [0.1, 0.15) is 23.6 Å². The maximum Gasteiger partial charge on any atom is 0.411 e. The molecule has 0 atom stereocenters. The minimum Gasteiger partial charge on any atom is -0.488 e. The Morgan fingerprint density at radius 2 is 1.96 bits per heavy atom. The largest absolute Gasteiger partial charge is 0.488 e. The first kappa shape index (κ1) is 18.8. The van der Waals surface area contributed by atoms with Gasteiger partial charge in [0.05, 0.1) is 17.3 Å². The average Bonchev–Trinajstić information content (AvgIpc) is 2.56. The Bertz CT molecular complexity index is 747. The number of carbonyl (C=O) groups excluding carboxylic acids is 1. The van der Waals surface area contributed by atoms with Gasteiger partial charge in [-0.3, -0.25) is 5.32 Å². The number of nitrogens with one attached hydrogen (secondary N) is 1. The number of carbonyl (C=O) groups is 1. The summed E-state index contributed by atoms with van der Waals surface area (Å²) in [4.78, 5) is 11.5. The molecule has 0 heterocycles. The van der Waals surface area contributed by atoms with Gasteiger partial charge in [-0.2, -0.15) is 0 Å². The van der Waals surface area contributed by atoms with Crippen LogP contribution in [0.3, 0.4) is 0 Å². The molecule has 4 nitrogen and oxygen atoms in total. The van der Waals surface area contributed by atoms with E-state index < -0.39 is 6.09 Å². The second-order valence-corrected chi connectivity index (χ2v) is 6.94. The molecule has 0 saturated carbocycles. The Labute approximate surface area is 158 Å². The average molecular weight is 457 g/mol. The van der Waals surface area contributed by atoms with E-state index in [4.69, 9.17) is 4.74 Å². The molecule has 0 aliphatic heterocycles. The van der Waals surface area contributed by atoms with Crippen LogP contribution in [-0.2, 0) is 17.8 Å². The van der Waals surface area contributed by atoms with Crippen LogP contribution in [0.2, 0.25) is 0 Å². The number of aryl methyl sites for hydroxylation is 2. The summed E-state index contributed by atoms with van der Waals surface area (Å²) in [5.41, 5.74) is 3.96. The predicted molar refractivity (Wildman–Crippen MR) is 103 cm³/mol. The van der Waals surface area contributed by atoms with Crippen molar-refractivity contribution < 1.29 is 14.3 Å². The van der Waals surface area contributed by atoms with Gasteiger partial charge in [0.25, 0.3) is 0 Å². The van der Waals surface area contributed by atoms with Gasteiger partial charge in [-0.05, 0) is 64.7 Å². The van der Waals surface area contributed by atoms with Gasteiger partial charge in [0, 0.05) is 10.0 Å². The molecular weight excluding hydrogens is 438 g/mol. The van der Waals surface area contributed by atoms with E-state index in [-0.39, 0.29) is 0 Å². The van der Waals surface area contributed by atoms with Crippen LogP contribution in [0.25, 0.3) is 0 Å². The molecule has 2 aromatic carbocycles. The van der Waals surface area contributed by atoms with Crippen LogP contribution < -0.4 is 10.1 Å². The second kappa shape index (κ2) is 8.53. The fourth-order valence-electron chi connectivity index (χ4n) is 2.32. The number of halogens is 2. The van der Waals surface area contributed by atoms with Gasteiger partial charge in [-0.15, -0.1) is 0 Å². The highest BCUT2D eigenvalue weighted by molar-refractivity contribution is 9.10. The number of amides is 1. The number of ether oxygens (including phenoxy) is 2. The van der Waals surface area contributed by atoms with Crippen molar-refractivity contribution in [3.05, 3.63) is 56.0 Å². The van der Waals surface area contributed by atoms with E-state index in [2.05, 4.69) is 61.8 Å². The molecule has 0 aliphatic rings. The van der Waals surface area contributed by atoms with Gasteiger partial charge in [0.2, 0.25) is 0 Å². The molecular formula is C18H19Br2NO3. The van der Waals surface area contributed by atoms with Gasteiger partial charge in [-0.25, -0.2) is 4.79 Å². The standard InChI is InChI=1S/C18H19Br2NO3/c1-4-12-9-15(20)17(8-11(12)2)24-10-13-14(19)6-5-7-16(13)21-18(22)23-3/h5-9H,4,10H2,1-3H3,(H,21,22). The molecule has 0 spiro atoms. The van der Waals surface area contributed by atoms with Crippen molar-refractivity contribution in [2.75, 3.05) is 12.4 Å². The lowest BCUT2D eigenvalue weighted by molar-refractivity contribution is 0.187. The molecule has 0 unspecified atom stereocenters.